The van der Waals surface area contributed by atoms with Crippen molar-refractivity contribution in [3.63, 3.8) is 0 Å². The molecular formula is C23H26ClN3O3. The van der Waals surface area contributed by atoms with Crippen molar-refractivity contribution >= 4 is 34.1 Å². The van der Waals surface area contributed by atoms with E-state index < -0.39 is 0 Å². The van der Waals surface area contributed by atoms with Gasteiger partial charge in [0, 0.05) is 41.8 Å². The topological polar surface area (TPSA) is 63.7 Å². The molecule has 2 aromatic carbocycles. The summed E-state index contributed by atoms with van der Waals surface area (Å²) in [6, 6.07) is 11.1. The number of ether oxygens (including phenoxy) is 2. The maximum Gasteiger partial charge on any atom is 0.257 e. The number of fused-ring (bicyclic) bond motifs is 1. The molecule has 1 heterocycles. The van der Waals surface area contributed by atoms with Gasteiger partial charge in [0.05, 0.1) is 31.0 Å². The number of aromatic nitrogens is 1. The van der Waals surface area contributed by atoms with Gasteiger partial charge in [0.15, 0.2) is 0 Å². The number of rotatable bonds is 8. The summed E-state index contributed by atoms with van der Waals surface area (Å²) in [6.45, 7) is 5.59. The summed E-state index contributed by atoms with van der Waals surface area (Å²) in [7, 11) is 3.25. The van der Waals surface area contributed by atoms with E-state index in [1.807, 2.05) is 44.2 Å². The zero-order valence-corrected chi connectivity index (χ0v) is 18.4. The first kappa shape index (κ1) is 21.7. The molecule has 0 saturated heterocycles. The van der Waals surface area contributed by atoms with Crippen LogP contribution in [0.5, 0.6) is 11.5 Å². The number of hydrogen-bond donors (Lipinski definition) is 1. The molecule has 0 atom stereocenters. The van der Waals surface area contributed by atoms with Gasteiger partial charge >= 0.3 is 0 Å². The van der Waals surface area contributed by atoms with Crippen LogP contribution >= 0.6 is 11.6 Å². The molecule has 0 aliphatic heterocycles. The number of carbonyl (C=O) groups excluding carboxylic acids is 1. The van der Waals surface area contributed by atoms with Crippen molar-refractivity contribution in [2.24, 2.45) is 0 Å². The second-order valence-electron chi connectivity index (χ2n) is 6.72. The van der Waals surface area contributed by atoms with Crippen molar-refractivity contribution < 1.29 is 14.3 Å². The Balaban J connectivity index is 2.07. The molecule has 0 bridgehead atoms. The first-order chi connectivity index (χ1) is 14.5. The average Bonchev–Trinajstić information content (AvgIpc) is 2.77. The van der Waals surface area contributed by atoms with Crippen molar-refractivity contribution in [3.05, 3.63) is 58.7 Å². The van der Waals surface area contributed by atoms with Gasteiger partial charge in [-0.25, -0.2) is 0 Å². The van der Waals surface area contributed by atoms with Crippen LogP contribution in [0.2, 0.25) is 5.02 Å². The molecule has 1 amide bonds. The number of nitrogens with one attached hydrogen (secondary N) is 1. The molecule has 0 aliphatic carbocycles. The lowest BCUT2D eigenvalue weighted by Gasteiger charge is -2.22. The Morgan fingerprint density at radius 3 is 2.53 bits per heavy atom. The molecule has 1 N–H and O–H groups in total. The highest BCUT2D eigenvalue weighted by Crippen LogP contribution is 2.31. The summed E-state index contributed by atoms with van der Waals surface area (Å²) in [5.41, 5.74) is 2.88. The lowest BCUT2D eigenvalue weighted by Crippen LogP contribution is -2.31. The van der Waals surface area contributed by atoms with Gasteiger partial charge in [0.1, 0.15) is 11.5 Å². The van der Waals surface area contributed by atoms with Gasteiger partial charge < -0.3 is 19.7 Å². The smallest absolute Gasteiger partial charge is 0.257 e. The van der Waals surface area contributed by atoms with Gasteiger partial charge in [-0.15, -0.1) is 0 Å². The SMILES string of the molecule is CCN(CC)C(=O)c1cnc2ccc(Cl)cc2c1NCc1cc(OC)ccc1OC. The second-order valence-corrected chi connectivity index (χ2v) is 7.15. The van der Waals surface area contributed by atoms with Crippen LogP contribution in [0.4, 0.5) is 5.69 Å². The Hall–Kier alpha value is -2.99. The standard InChI is InChI=1S/C23H26ClN3O3/c1-5-27(6-2)23(28)19-14-25-20-9-7-16(24)12-18(20)22(19)26-13-15-11-17(29-3)8-10-21(15)30-4/h7-12,14H,5-6,13H2,1-4H3,(H,25,26). The number of halogens is 1. The van der Waals surface area contributed by atoms with E-state index in [9.17, 15) is 4.79 Å². The molecule has 0 saturated carbocycles. The molecule has 3 aromatic rings. The minimum atomic E-state index is -0.0746. The molecule has 158 valence electrons. The normalized spacial score (nSPS) is 10.7. The lowest BCUT2D eigenvalue weighted by molar-refractivity contribution is 0.0773. The Morgan fingerprint density at radius 1 is 1.10 bits per heavy atom. The highest BCUT2D eigenvalue weighted by molar-refractivity contribution is 6.31. The Morgan fingerprint density at radius 2 is 1.87 bits per heavy atom. The molecule has 30 heavy (non-hydrogen) atoms. The summed E-state index contributed by atoms with van der Waals surface area (Å²) in [4.78, 5) is 19.4. The number of carbonyl (C=O) groups is 1. The minimum absolute atomic E-state index is 0.0746. The summed E-state index contributed by atoms with van der Waals surface area (Å²) < 4.78 is 10.8. The number of anilines is 1. The molecule has 0 unspecified atom stereocenters. The van der Waals surface area contributed by atoms with E-state index >= 15 is 0 Å². The predicted molar refractivity (Wildman–Crippen MR) is 121 cm³/mol. The lowest BCUT2D eigenvalue weighted by atomic mass is 10.1. The first-order valence-corrected chi connectivity index (χ1v) is 10.2. The average molecular weight is 428 g/mol. The molecule has 6 nitrogen and oxygen atoms in total. The van der Waals surface area contributed by atoms with Gasteiger partial charge in [-0.2, -0.15) is 0 Å². The van der Waals surface area contributed by atoms with Gasteiger partial charge in [0.25, 0.3) is 5.91 Å². The van der Waals surface area contributed by atoms with Gasteiger partial charge in [-0.1, -0.05) is 11.6 Å². The predicted octanol–water partition coefficient (Wildman–Crippen LogP) is 5.00. The minimum Gasteiger partial charge on any atom is -0.497 e. The highest BCUT2D eigenvalue weighted by atomic mass is 35.5. The maximum atomic E-state index is 13.2. The first-order valence-electron chi connectivity index (χ1n) is 9.84. The van der Waals surface area contributed by atoms with Crippen molar-refractivity contribution in [2.45, 2.75) is 20.4 Å². The van der Waals surface area contributed by atoms with Gasteiger partial charge in [-0.05, 0) is 50.2 Å². The van der Waals surface area contributed by atoms with Crippen LogP contribution in [-0.4, -0.2) is 43.1 Å². The third-order valence-corrected chi connectivity index (χ3v) is 5.29. The van der Waals surface area contributed by atoms with Crippen molar-refractivity contribution in [1.82, 2.24) is 9.88 Å². The molecule has 0 radical (unpaired) electrons. The van der Waals surface area contributed by atoms with E-state index in [1.165, 1.54) is 0 Å². The van der Waals surface area contributed by atoms with Crippen molar-refractivity contribution in [1.29, 1.82) is 0 Å². The van der Waals surface area contributed by atoms with Crippen LogP contribution in [0.15, 0.2) is 42.6 Å². The van der Waals surface area contributed by atoms with Crippen LogP contribution in [0.3, 0.4) is 0 Å². The molecule has 7 heteroatoms. The van der Waals surface area contributed by atoms with E-state index in [4.69, 9.17) is 21.1 Å². The summed E-state index contributed by atoms with van der Waals surface area (Å²) in [5.74, 6) is 1.39. The molecular weight excluding hydrogens is 402 g/mol. The highest BCUT2D eigenvalue weighted by Gasteiger charge is 2.20. The summed E-state index contributed by atoms with van der Waals surface area (Å²) in [5, 5.41) is 4.80. The maximum absolute atomic E-state index is 13.2. The van der Waals surface area contributed by atoms with E-state index in [0.29, 0.717) is 35.9 Å². The summed E-state index contributed by atoms with van der Waals surface area (Å²) >= 11 is 6.26. The summed E-state index contributed by atoms with van der Waals surface area (Å²) in [6.07, 6.45) is 1.63. The quantitative estimate of drug-likeness (QED) is 0.548. The zero-order valence-electron chi connectivity index (χ0n) is 17.7. The van der Waals surface area contributed by atoms with Crippen LogP contribution < -0.4 is 14.8 Å². The molecule has 1 aromatic heterocycles. The largest absolute Gasteiger partial charge is 0.497 e. The third-order valence-electron chi connectivity index (χ3n) is 5.05. The third kappa shape index (κ3) is 4.44. The number of nitrogens with zero attached hydrogens (tertiary/aromatic N) is 2. The number of benzene rings is 2. The van der Waals surface area contributed by atoms with E-state index in [2.05, 4.69) is 10.3 Å². The fourth-order valence-electron chi connectivity index (χ4n) is 3.40. The van der Waals surface area contributed by atoms with Crippen LogP contribution in [0.25, 0.3) is 10.9 Å². The van der Waals surface area contributed by atoms with Crippen LogP contribution in [0.1, 0.15) is 29.8 Å². The number of hydrogen-bond acceptors (Lipinski definition) is 5. The van der Waals surface area contributed by atoms with E-state index in [1.54, 1.807) is 31.4 Å². The van der Waals surface area contributed by atoms with E-state index in [0.717, 1.165) is 28.0 Å². The zero-order chi connectivity index (χ0) is 21.7. The van der Waals surface area contributed by atoms with Crippen LogP contribution in [-0.2, 0) is 6.54 Å². The number of amides is 1. The second kappa shape index (κ2) is 9.67. The van der Waals surface area contributed by atoms with Crippen molar-refractivity contribution in [3.8, 4) is 11.5 Å². The Labute approximate surface area is 181 Å². The molecule has 0 spiro atoms. The molecule has 0 aliphatic rings. The number of pyridine rings is 1. The van der Waals surface area contributed by atoms with Crippen LogP contribution in [0, 0.1) is 0 Å². The van der Waals surface area contributed by atoms with E-state index in [-0.39, 0.29) is 5.91 Å². The van der Waals surface area contributed by atoms with Crippen molar-refractivity contribution in [2.75, 3.05) is 32.6 Å². The number of methoxy groups -OCH3 is 2. The fourth-order valence-corrected chi connectivity index (χ4v) is 3.57. The van der Waals surface area contributed by atoms with Gasteiger partial charge in [0.2, 0.25) is 0 Å². The fraction of sp³-hybridized carbons (Fsp3) is 0.304. The molecule has 3 rings (SSSR count). The van der Waals surface area contributed by atoms with Gasteiger partial charge in [-0.3, -0.25) is 9.78 Å². The Bertz CT molecular complexity index is 1050. The monoisotopic (exact) mass is 427 g/mol. The molecule has 0 fully saturated rings. The Kier molecular flexibility index (Phi) is 7.00.